The molecular weight excluding hydrogens is 435 g/mol. The fraction of sp³-hybridized carbons (Fsp3) is 0.0556. The number of carbonyl (C=O) groups excluding carboxylic acids is 1. The van der Waals surface area contributed by atoms with E-state index in [-0.39, 0.29) is 17.1 Å². The number of furan rings is 1. The van der Waals surface area contributed by atoms with Crippen molar-refractivity contribution in [1.29, 1.82) is 0 Å². The molecule has 0 radical (unpaired) electrons. The third kappa shape index (κ3) is 4.11. The summed E-state index contributed by atoms with van der Waals surface area (Å²) in [5, 5.41) is 2.24. The second-order valence-electron chi connectivity index (χ2n) is 5.32. The molecule has 0 spiro atoms. The van der Waals surface area contributed by atoms with Gasteiger partial charge in [-0.15, -0.1) is 0 Å². The maximum atomic E-state index is 13.0. The number of anilines is 1. The lowest BCUT2D eigenvalue weighted by atomic mass is 10.1. The molecule has 26 heavy (non-hydrogen) atoms. The molecule has 134 valence electrons. The largest absolute Gasteiger partial charge is 0.451 e. The molecular formula is C18H10BrClF3NO2. The highest BCUT2D eigenvalue weighted by atomic mass is 79.9. The van der Waals surface area contributed by atoms with Crippen molar-refractivity contribution in [2.75, 3.05) is 5.32 Å². The van der Waals surface area contributed by atoms with Crippen molar-refractivity contribution >= 4 is 39.1 Å². The number of hydrogen-bond donors (Lipinski definition) is 1. The van der Waals surface area contributed by atoms with Crippen LogP contribution in [0.1, 0.15) is 16.1 Å². The Hall–Kier alpha value is -2.25. The van der Waals surface area contributed by atoms with Crippen LogP contribution in [0.15, 0.2) is 63.5 Å². The lowest BCUT2D eigenvalue weighted by Crippen LogP contribution is -2.10. The Morgan fingerprint density at radius 1 is 1.04 bits per heavy atom. The Bertz CT molecular complexity index is 952. The molecule has 0 saturated heterocycles. The van der Waals surface area contributed by atoms with Gasteiger partial charge in [-0.2, -0.15) is 13.2 Å². The third-order valence-corrected chi connectivity index (χ3v) is 4.35. The number of benzene rings is 2. The van der Waals surface area contributed by atoms with Crippen LogP contribution in [0.4, 0.5) is 18.9 Å². The SMILES string of the molecule is O=C(Nc1ccc(Br)cc1)c1ccc(-c2ccc(Cl)c(C(F)(F)F)c2)o1. The molecule has 1 amide bonds. The molecule has 0 aliphatic carbocycles. The Balaban J connectivity index is 1.83. The van der Waals surface area contributed by atoms with E-state index < -0.39 is 22.7 Å². The highest BCUT2D eigenvalue weighted by Gasteiger charge is 2.33. The van der Waals surface area contributed by atoms with Crippen molar-refractivity contribution in [2.24, 2.45) is 0 Å². The van der Waals surface area contributed by atoms with E-state index in [9.17, 15) is 18.0 Å². The predicted octanol–water partition coefficient (Wildman–Crippen LogP) is 6.63. The quantitative estimate of drug-likeness (QED) is 0.492. The van der Waals surface area contributed by atoms with E-state index >= 15 is 0 Å². The van der Waals surface area contributed by atoms with Gasteiger partial charge in [0.2, 0.25) is 0 Å². The van der Waals surface area contributed by atoms with E-state index in [4.69, 9.17) is 16.0 Å². The van der Waals surface area contributed by atoms with E-state index in [0.29, 0.717) is 5.69 Å². The van der Waals surface area contributed by atoms with Crippen LogP contribution in [0.2, 0.25) is 5.02 Å². The molecule has 0 unspecified atom stereocenters. The number of hydrogen-bond acceptors (Lipinski definition) is 2. The lowest BCUT2D eigenvalue weighted by Gasteiger charge is -2.10. The van der Waals surface area contributed by atoms with Crippen molar-refractivity contribution in [3.8, 4) is 11.3 Å². The van der Waals surface area contributed by atoms with Gasteiger partial charge in [0, 0.05) is 15.7 Å². The van der Waals surface area contributed by atoms with Crippen LogP contribution in [-0.4, -0.2) is 5.91 Å². The predicted molar refractivity (Wildman–Crippen MR) is 96.3 cm³/mol. The minimum atomic E-state index is -4.58. The zero-order valence-corrected chi connectivity index (χ0v) is 15.2. The molecule has 3 nitrogen and oxygen atoms in total. The van der Waals surface area contributed by atoms with Crippen LogP contribution in [0.3, 0.4) is 0 Å². The van der Waals surface area contributed by atoms with Gasteiger partial charge in [0.05, 0.1) is 10.6 Å². The molecule has 8 heteroatoms. The van der Waals surface area contributed by atoms with Gasteiger partial charge in [0.15, 0.2) is 5.76 Å². The summed E-state index contributed by atoms with van der Waals surface area (Å²) in [7, 11) is 0. The molecule has 1 aromatic heterocycles. The smallest absolute Gasteiger partial charge is 0.417 e. The second-order valence-corrected chi connectivity index (χ2v) is 6.64. The number of nitrogens with one attached hydrogen (secondary N) is 1. The van der Waals surface area contributed by atoms with E-state index in [2.05, 4.69) is 21.2 Å². The van der Waals surface area contributed by atoms with Crippen LogP contribution >= 0.6 is 27.5 Å². The van der Waals surface area contributed by atoms with Gasteiger partial charge >= 0.3 is 6.18 Å². The van der Waals surface area contributed by atoms with Crippen LogP contribution in [-0.2, 0) is 6.18 Å². The van der Waals surface area contributed by atoms with Crippen LogP contribution in [0.25, 0.3) is 11.3 Å². The van der Waals surface area contributed by atoms with E-state index in [0.717, 1.165) is 16.6 Å². The van der Waals surface area contributed by atoms with Gasteiger partial charge in [-0.25, -0.2) is 0 Å². The van der Waals surface area contributed by atoms with Gasteiger partial charge in [-0.05, 0) is 54.6 Å². The Labute approximate surface area is 159 Å². The first-order valence-corrected chi connectivity index (χ1v) is 8.45. The molecule has 3 aromatic rings. The van der Waals surface area contributed by atoms with Gasteiger partial charge in [0.25, 0.3) is 5.91 Å². The van der Waals surface area contributed by atoms with E-state index in [1.54, 1.807) is 24.3 Å². The fourth-order valence-corrected chi connectivity index (χ4v) is 2.73. The number of alkyl halides is 3. The first-order chi connectivity index (χ1) is 12.2. The van der Waals surface area contributed by atoms with Crippen LogP contribution in [0, 0.1) is 0 Å². The van der Waals surface area contributed by atoms with Crippen molar-refractivity contribution in [3.63, 3.8) is 0 Å². The summed E-state index contributed by atoms with van der Waals surface area (Å²) in [5.41, 5.74) is -0.236. The second kappa shape index (κ2) is 7.17. The number of rotatable bonds is 3. The standard InChI is InChI=1S/C18H10BrClF3NO2/c19-11-2-4-12(5-3-11)24-17(25)16-8-7-15(26-16)10-1-6-14(20)13(9-10)18(21,22)23/h1-9H,(H,24,25). The van der Waals surface area contributed by atoms with E-state index in [1.807, 2.05) is 0 Å². The highest BCUT2D eigenvalue weighted by molar-refractivity contribution is 9.10. The highest BCUT2D eigenvalue weighted by Crippen LogP contribution is 2.37. The lowest BCUT2D eigenvalue weighted by molar-refractivity contribution is -0.137. The van der Waals surface area contributed by atoms with Crippen molar-refractivity contribution < 1.29 is 22.4 Å². The maximum Gasteiger partial charge on any atom is 0.417 e. The summed E-state index contributed by atoms with van der Waals surface area (Å²) in [5.74, 6) is -0.400. The van der Waals surface area contributed by atoms with Crippen LogP contribution in [0.5, 0.6) is 0 Å². The van der Waals surface area contributed by atoms with Crippen molar-refractivity contribution in [2.45, 2.75) is 6.18 Å². The fourth-order valence-electron chi connectivity index (χ4n) is 2.24. The average molecular weight is 445 g/mol. The van der Waals surface area contributed by atoms with Crippen LogP contribution < -0.4 is 5.32 Å². The molecule has 1 N–H and O–H groups in total. The first kappa shape index (κ1) is 18.5. The molecule has 0 aliphatic heterocycles. The maximum absolute atomic E-state index is 13.0. The Morgan fingerprint density at radius 3 is 2.38 bits per heavy atom. The molecule has 3 rings (SSSR count). The first-order valence-electron chi connectivity index (χ1n) is 7.28. The molecule has 0 saturated carbocycles. The monoisotopic (exact) mass is 443 g/mol. The average Bonchev–Trinajstić information content (AvgIpc) is 3.06. The number of carbonyl (C=O) groups is 1. The molecule has 0 fully saturated rings. The molecule has 1 heterocycles. The minimum absolute atomic E-state index is 0.0218. The normalized spacial score (nSPS) is 11.4. The summed E-state index contributed by atoms with van der Waals surface area (Å²) in [6.45, 7) is 0. The topological polar surface area (TPSA) is 42.2 Å². The molecule has 0 bridgehead atoms. The Kier molecular flexibility index (Phi) is 5.11. The summed E-state index contributed by atoms with van der Waals surface area (Å²) in [4.78, 5) is 12.2. The number of halogens is 5. The summed E-state index contributed by atoms with van der Waals surface area (Å²) >= 11 is 8.90. The van der Waals surface area contributed by atoms with E-state index in [1.165, 1.54) is 18.2 Å². The zero-order chi connectivity index (χ0) is 18.9. The van der Waals surface area contributed by atoms with Crippen molar-refractivity contribution in [1.82, 2.24) is 0 Å². The summed E-state index contributed by atoms with van der Waals surface area (Å²) < 4.78 is 45.2. The Morgan fingerprint density at radius 2 is 1.73 bits per heavy atom. The van der Waals surface area contributed by atoms with Gasteiger partial charge in [-0.1, -0.05) is 27.5 Å². The number of amides is 1. The third-order valence-electron chi connectivity index (χ3n) is 3.49. The van der Waals surface area contributed by atoms with Gasteiger partial charge in [-0.3, -0.25) is 4.79 Å². The molecule has 0 atom stereocenters. The summed E-state index contributed by atoms with van der Waals surface area (Å²) in [6, 6.07) is 13.2. The molecule has 0 aliphatic rings. The zero-order valence-electron chi connectivity index (χ0n) is 12.9. The van der Waals surface area contributed by atoms with Gasteiger partial charge < -0.3 is 9.73 Å². The summed E-state index contributed by atoms with van der Waals surface area (Å²) in [6.07, 6.45) is -4.58. The minimum Gasteiger partial charge on any atom is -0.451 e. The molecule has 2 aromatic carbocycles. The van der Waals surface area contributed by atoms with Crippen molar-refractivity contribution in [3.05, 3.63) is 75.4 Å². The van der Waals surface area contributed by atoms with Gasteiger partial charge in [0.1, 0.15) is 5.76 Å².